The summed E-state index contributed by atoms with van der Waals surface area (Å²) in [6.07, 6.45) is 2.38. The summed E-state index contributed by atoms with van der Waals surface area (Å²) in [4.78, 5) is 2.38. The van der Waals surface area contributed by atoms with Crippen molar-refractivity contribution in [2.45, 2.75) is 13.0 Å². The van der Waals surface area contributed by atoms with Crippen LogP contribution in [0.4, 0.5) is 5.69 Å². The van der Waals surface area contributed by atoms with Gasteiger partial charge in [-0.1, -0.05) is 35.9 Å². The van der Waals surface area contributed by atoms with Crippen molar-refractivity contribution in [2.75, 3.05) is 11.9 Å². The molecule has 0 aromatic heterocycles. The van der Waals surface area contributed by atoms with Gasteiger partial charge in [0.15, 0.2) is 0 Å². The molecule has 1 heteroatoms. The SMILES string of the molecule is Cc1ccc2c(c1)C1=c3ccccc3=CC1N2C. The van der Waals surface area contributed by atoms with E-state index in [4.69, 9.17) is 0 Å². The molecule has 0 bridgehead atoms. The Kier molecular flexibility index (Phi) is 1.80. The maximum Gasteiger partial charge on any atom is 0.0745 e. The third-order valence-corrected chi connectivity index (χ3v) is 4.12. The fourth-order valence-electron chi connectivity index (χ4n) is 3.23. The molecular formula is C17H15N. The first-order valence-electron chi connectivity index (χ1n) is 6.41. The fourth-order valence-corrected chi connectivity index (χ4v) is 3.23. The molecule has 2 aromatic carbocycles. The van der Waals surface area contributed by atoms with Gasteiger partial charge in [-0.25, -0.2) is 0 Å². The molecule has 2 aliphatic rings. The average molecular weight is 233 g/mol. The lowest BCUT2D eigenvalue weighted by Crippen LogP contribution is -2.24. The number of anilines is 1. The van der Waals surface area contributed by atoms with Crippen LogP contribution in [0.25, 0.3) is 11.6 Å². The third-order valence-electron chi connectivity index (χ3n) is 4.12. The topological polar surface area (TPSA) is 3.24 Å². The van der Waals surface area contributed by atoms with Crippen LogP contribution in [0.5, 0.6) is 0 Å². The molecule has 2 aromatic rings. The number of fused-ring (bicyclic) bond motifs is 4. The minimum Gasteiger partial charge on any atom is -0.363 e. The zero-order valence-electron chi connectivity index (χ0n) is 10.6. The second-order valence-electron chi connectivity index (χ2n) is 5.24. The summed E-state index contributed by atoms with van der Waals surface area (Å²) in [5, 5.41) is 2.77. The van der Waals surface area contributed by atoms with Crippen LogP contribution in [0.3, 0.4) is 0 Å². The Bertz CT molecular complexity index is 770. The molecule has 1 aliphatic heterocycles. The number of likely N-dealkylation sites (N-methyl/N-ethyl adjacent to an activating group) is 1. The number of hydrogen-bond donors (Lipinski definition) is 0. The molecule has 88 valence electrons. The summed E-state index contributed by atoms with van der Waals surface area (Å²) in [7, 11) is 2.19. The van der Waals surface area contributed by atoms with Crippen LogP contribution in [-0.2, 0) is 0 Å². The molecule has 0 radical (unpaired) electrons. The Morgan fingerprint density at radius 1 is 1.06 bits per heavy atom. The zero-order valence-corrected chi connectivity index (χ0v) is 10.6. The number of rotatable bonds is 0. The summed E-state index contributed by atoms with van der Waals surface area (Å²) in [5.41, 5.74) is 5.57. The van der Waals surface area contributed by atoms with Gasteiger partial charge < -0.3 is 4.90 Å². The van der Waals surface area contributed by atoms with Crippen molar-refractivity contribution in [3.8, 4) is 0 Å². The second kappa shape index (κ2) is 3.26. The van der Waals surface area contributed by atoms with E-state index >= 15 is 0 Å². The fraction of sp³-hybridized carbons (Fsp3) is 0.176. The van der Waals surface area contributed by atoms with Crippen molar-refractivity contribution in [1.29, 1.82) is 0 Å². The highest BCUT2D eigenvalue weighted by Crippen LogP contribution is 2.39. The average Bonchev–Trinajstić information content (AvgIpc) is 2.87. The lowest BCUT2D eigenvalue weighted by molar-refractivity contribution is 0.987. The van der Waals surface area contributed by atoms with Crippen molar-refractivity contribution in [1.82, 2.24) is 0 Å². The van der Waals surface area contributed by atoms with E-state index in [1.807, 2.05) is 0 Å². The van der Waals surface area contributed by atoms with E-state index < -0.39 is 0 Å². The van der Waals surface area contributed by atoms with Gasteiger partial charge >= 0.3 is 0 Å². The molecule has 0 spiro atoms. The van der Waals surface area contributed by atoms with Crippen LogP contribution in [0.2, 0.25) is 0 Å². The number of nitrogens with zero attached hydrogens (tertiary/aromatic N) is 1. The van der Waals surface area contributed by atoms with Gasteiger partial charge in [0.1, 0.15) is 0 Å². The van der Waals surface area contributed by atoms with Crippen LogP contribution in [0, 0.1) is 6.92 Å². The lowest BCUT2D eigenvalue weighted by atomic mass is 10.0. The van der Waals surface area contributed by atoms with Gasteiger partial charge in [0.05, 0.1) is 6.04 Å². The summed E-state index contributed by atoms with van der Waals surface area (Å²) >= 11 is 0. The van der Waals surface area contributed by atoms with E-state index in [0.717, 1.165) is 0 Å². The van der Waals surface area contributed by atoms with Crippen LogP contribution in [0.15, 0.2) is 42.5 Å². The zero-order chi connectivity index (χ0) is 12.3. The molecular weight excluding hydrogens is 218 g/mol. The van der Waals surface area contributed by atoms with Gasteiger partial charge in [-0.2, -0.15) is 0 Å². The van der Waals surface area contributed by atoms with E-state index in [1.165, 1.54) is 32.8 Å². The molecule has 0 N–H and O–H groups in total. The number of hydrogen-bond acceptors (Lipinski definition) is 1. The summed E-state index contributed by atoms with van der Waals surface area (Å²) in [6.45, 7) is 2.17. The van der Waals surface area contributed by atoms with E-state index in [9.17, 15) is 0 Å². The van der Waals surface area contributed by atoms with Gasteiger partial charge in [-0.15, -0.1) is 0 Å². The highest BCUT2D eigenvalue weighted by atomic mass is 15.2. The van der Waals surface area contributed by atoms with Crippen molar-refractivity contribution < 1.29 is 0 Å². The highest BCUT2D eigenvalue weighted by molar-refractivity contribution is 5.93. The molecule has 18 heavy (non-hydrogen) atoms. The summed E-state index contributed by atoms with van der Waals surface area (Å²) < 4.78 is 0. The Morgan fingerprint density at radius 2 is 1.89 bits per heavy atom. The molecule has 0 amide bonds. The van der Waals surface area contributed by atoms with E-state index in [2.05, 4.69) is 67.4 Å². The van der Waals surface area contributed by atoms with E-state index in [-0.39, 0.29) is 0 Å². The largest absolute Gasteiger partial charge is 0.363 e. The van der Waals surface area contributed by atoms with Crippen molar-refractivity contribution in [2.24, 2.45) is 0 Å². The van der Waals surface area contributed by atoms with Crippen LogP contribution in [-0.4, -0.2) is 13.1 Å². The molecule has 4 rings (SSSR count). The summed E-state index contributed by atoms with van der Waals surface area (Å²) in [6, 6.07) is 15.9. The normalized spacial score (nSPS) is 19.3. The standard InChI is InChI=1S/C17H15N/c1-11-7-8-15-14(9-11)17-13-6-4-3-5-12(13)10-16(17)18(15)2/h3-10,16H,1-2H3. The van der Waals surface area contributed by atoms with E-state index in [0.29, 0.717) is 6.04 Å². The van der Waals surface area contributed by atoms with Gasteiger partial charge in [-0.3, -0.25) is 0 Å². The maximum absolute atomic E-state index is 2.38. The predicted molar refractivity (Wildman–Crippen MR) is 76.0 cm³/mol. The van der Waals surface area contributed by atoms with Crippen molar-refractivity contribution in [3.05, 3.63) is 64.0 Å². The predicted octanol–water partition coefficient (Wildman–Crippen LogP) is 1.81. The lowest BCUT2D eigenvalue weighted by Gasteiger charge is -2.18. The van der Waals surface area contributed by atoms with Gasteiger partial charge in [0.2, 0.25) is 0 Å². The molecule has 0 saturated heterocycles. The third kappa shape index (κ3) is 1.11. The molecule has 1 atom stereocenters. The molecule has 1 heterocycles. The molecule has 0 fully saturated rings. The first kappa shape index (κ1) is 9.95. The Morgan fingerprint density at radius 3 is 2.78 bits per heavy atom. The first-order valence-corrected chi connectivity index (χ1v) is 6.41. The number of aryl methyl sites for hydroxylation is 1. The Hall–Kier alpha value is -2.02. The van der Waals surface area contributed by atoms with Gasteiger partial charge in [0, 0.05) is 18.3 Å². The summed E-state index contributed by atoms with van der Waals surface area (Å²) in [5.74, 6) is 0. The van der Waals surface area contributed by atoms with Crippen LogP contribution >= 0.6 is 0 Å². The Balaban J connectivity index is 2.15. The Labute approximate surface area is 107 Å². The van der Waals surface area contributed by atoms with Crippen LogP contribution in [0.1, 0.15) is 11.1 Å². The number of benzene rings is 2. The van der Waals surface area contributed by atoms with Crippen molar-refractivity contribution in [3.63, 3.8) is 0 Å². The second-order valence-corrected chi connectivity index (χ2v) is 5.24. The van der Waals surface area contributed by atoms with Crippen molar-refractivity contribution >= 4 is 17.3 Å². The molecule has 0 saturated carbocycles. The van der Waals surface area contributed by atoms with Gasteiger partial charge in [0.25, 0.3) is 0 Å². The van der Waals surface area contributed by atoms with E-state index in [1.54, 1.807) is 0 Å². The monoisotopic (exact) mass is 233 g/mol. The quantitative estimate of drug-likeness (QED) is 0.671. The molecule has 1 aliphatic carbocycles. The van der Waals surface area contributed by atoms with Gasteiger partial charge in [-0.05, 0) is 41.1 Å². The minimum absolute atomic E-state index is 0.416. The molecule has 1 unspecified atom stereocenters. The smallest absolute Gasteiger partial charge is 0.0745 e. The maximum atomic E-state index is 2.38. The first-order chi connectivity index (χ1) is 8.75. The highest BCUT2D eigenvalue weighted by Gasteiger charge is 2.32. The minimum atomic E-state index is 0.416. The molecule has 1 nitrogen and oxygen atoms in total. The van der Waals surface area contributed by atoms with Crippen LogP contribution < -0.4 is 15.3 Å².